The fourth-order valence-corrected chi connectivity index (χ4v) is 3.22. The minimum Gasteiger partial charge on any atom is -0.456 e. The predicted octanol–water partition coefficient (Wildman–Crippen LogP) is 1.18. The van der Waals surface area contributed by atoms with Gasteiger partial charge in [-0.3, -0.25) is 4.79 Å². The number of aliphatic hydroxyl groups is 3. The fraction of sp³-hybridized carbons (Fsp3) is 0.381. The molecule has 8 heteroatoms. The van der Waals surface area contributed by atoms with Gasteiger partial charge in [0.25, 0.3) is 11.7 Å². The molecule has 1 aliphatic heterocycles. The maximum atomic E-state index is 14.6. The Morgan fingerprint density at radius 2 is 2.00 bits per heavy atom. The van der Waals surface area contributed by atoms with Gasteiger partial charge < -0.3 is 30.1 Å². The van der Waals surface area contributed by atoms with Crippen LogP contribution in [0.1, 0.15) is 15.9 Å². The number of halogens is 1. The maximum Gasteiger partial charge on any atom is 0.268 e. The number of hydrogen-bond donors (Lipinski definition) is 4. The summed E-state index contributed by atoms with van der Waals surface area (Å²) in [6.45, 7) is 0.534. The summed E-state index contributed by atoms with van der Waals surface area (Å²) in [4.78, 5) is 11.8. The van der Waals surface area contributed by atoms with Crippen LogP contribution in [0.2, 0.25) is 0 Å². The van der Waals surface area contributed by atoms with Crippen LogP contribution in [0.5, 0.6) is 5.75 Å². The maximum absolute atomic E-state index is 14.6. The van der Waals surface area contributed by atoms with Gasteiger partial charge >= 0.3 is 0 Å². The molecule has 4 atom stereocenters. The van der Waals surface area contributed by atoms with Gasteiger partial charge in [0, 0.05) is 12.6 Å². The fourth-order valence-electron chi connectivity index (χ4n) is 3.22. The highest BCUT2D eigenvalue weighted by Crippen LogP contribution is 2.34. The molecule has 1 saturated heterocycles. The number of rotatable bonds is 5. The first kappa shape index (κ1) is 21.2. The van der Waals surface area contributed by atoms with Crippen LogP contribution in [0.4, 0.5) is 4.39 Å². The lowest BCUT2D eigenvalue weighted by atomic mass is 9.98. The first-order valence-electron chi connectivity index (χ1n) is 9.18. The van der Waals surface area contributed by atoms with E-state index in [0.717, 1.165) is 11.1 Å². The molecule has 0 aliphatic carbocycles. The van der Waals surface area contributed by atoms with Gasteiger partial charge in [0.2, 0.25) is 0 Å². The van der Waals surface area contributed by atoms with Crippen molar-refractivity contribution in [1.29, 1.82) is 0 Å². The summed E-state index contributed by atoms with van der Waals surface area (Å²) in [6, 6.07) is 12.2. The largest absolute Gasteiger partial charge is 0.456 e. The minimum atomic E-state index is -2.14. The molecule has 0 saturated carbocycles. The Labute approximate surface area is 167 Å². The molecule has 2 aromatic rings. The zero-order valence-corrected chi connectivity index (χ0v) is 16.1. The lowest BCUT2D eigenvalue weighted by Crippen LogP contribution is -2.63. The van der Waals surface area contributed by atoms with E-state index in [9.17, 15) is 24.5 Å². The first-order chi connectivity index (χ1) is 13.8. The smallest absolute Gasteiger partial charge is 0.268 e. The van der Waals surface area contributed by atoms with Crippen LogP contribution in [0.3, 0.4) is 0 Å². The molecule has 156 valence electrons. The van der Waals surface area contributed by atoms with Crippen molar-refractivity contribution >= 4 is 5.91 Å². The lowest BCUT2D eigenvalue weighted by Gasteiger charge is -2.42. The molecule has 29 heavy (non-hydrogen) atoms. The second kappa shape index (κ2) is 8.46. The summed E-state index contributed by atoms with van der Waals surface area (Å²) in [5.74, 6) is -2.04. The quantitative estimate of drug-likeness (QED) is 0.595. The molecule has 7 nitrogen and oxygen atoms in total. The van der Waals surface area contributed by atoms with Gasteiger partial charge in [-0.25, -0.2) is 4.39 Å². The van der Waals surface area contributed by atoms with Crippen LogP contribution in [-0.2, 0) is 4.74 Å². The molecule has 1 heterocycles. The number of ether oxygens (including phenoxy) is 2. The number of nitrogens with one attached hydrogen (secondary N) is 1. The topological polar surface area (TPSA) is 108 Å². The van der Waals surface area contributed by atoms with Crippen LogP contribution in [0, 0.1) is 6.92 Å². The summed E-state index contributed by atoms with van der Waals surface area (Å²) in [5.41, 5.74) is 2.78. The molecule has 3 rings (SSSR count). The molecule has 0 unspecified atom stereocenters. The highest BCUT2D eigenvalue weighted by molar-refractivity contribution is 5.95. The Morgan fingerprint density at radius 1 is 1.28 bits per heavy atom. The van der Waals surface area contributed by atoms with E-state index in [1.165, 1.54) is 0 Å². The zero-order valence-electron chi connectivity index (χ0n) is 16.1. The van der Waals surface area contributed by atoms with E-state index in [-0.39, 0.29) is 18.3 Å². The monoisotopic (exact) mass is 405 g/mol. The number of benzene rings is 2. The summed E-state index contributed by atoms with van der Waals surface area (Å²) in [6.07, 6.45) is -5.27. The molecule has 0 radical (unpaired) electrons. The first-order valence-corrected chi connectivity index (χ1v) is 9.18. The third kappa shape index (κ3) is 4.11. The average molecular weight is 405 g/mol. The molecule has 0 spiro atoms. The van der Waals surface area contributed by atoms with Gasteiger partial charge in [-0.2, -0.15) is 0 Å². The minimum absolute atomic E-state index is 0.197. The molecule has 4 N–H and O–H groups in total. The highest BCUT2D eigenvalue weighted by Gasteiger charge is 2.53. The normalized spacial score (nSPS) is 26.8. The average Bonchev–Trinajstić information content (AvgIpc) is 2.75. The number of carbonyl (C=O) groups excluding carboxylic acids is 1. The summed E-state index contributed by atoms with van der Waals surface area (Å²) in [7, 11) is 1.56. The van der Waals surface area contributed by atoms with Crippen molar-refractivity contribution in [3.63, 3.8) is 0 Å². The van der Waals surface area contributed by atoms with Crippen LogP contribution in [-0.4, -0.2) is 65.7 Å². The highest BCUT2D eigenvalue weighted by atomic mass is 19.1. The van der Waals surface area contributed by atoms with E-state index < -0.39 is 30.8 Å². The van der Waals surface area contributed by atoms with Gasteiger partial charge in [0.1, 0.15) is 24.6 Å². The van der Waals surface area contributed by atoms with Gasteiger partial charge in [-0.15, -0.1) is 0 Å². The molecule has 2 aromatic carbocycles. The Morgan fingerprint density at radius 3 is 2.66 bits per heavy atom. The number of carbonyl (C=O) groups is 1. The number of aliphatic hydroxyl groups excluding tert-OH is 3. The molecule has 1 aliphatic rings. The summed E-state index contributed by atoms with van der Waals surface area (Å²) < 4.78 is 25.5. The van der Waals surface area contributed by atoms with Crippen LogP contribution in [0.25, 0.3) is 11.1 Å². The number of aryl methyl sites for hydroxylation is 1. The van der Waals surface area contributed by atoms with E-state index in [1.807, 2.05) is 6.07 Å². The zero-order chi connectivity index (χ0) is 21.2. The second-order valence-electron chi connectivity index (χ2n) is 6.98. The molecule has 0 bridgehead atoms. The van der Waals surface area contributed by atoms with E-state index in [2.05, 4.69) is 5.32 Å². The van der Waals surface area contributed by atoms with E-state index in [0.29, 0.717) is 11.1 Å². The second-order valence-corrected chi connectivity index (χ2v) is 6.98. The third-order valence-electron chi connectivity index (χ3n) is 4.98. The number of hydrogen-bond acceptors (Lipinski definition) is 6. The van der Waals surface area contributed by atoms with Crippen molar-refractivity contribution in [2.45, 2.75) is 31.1 Å². The van der Waals surface area contributed by atoms with Crippen molar-refractivity contribution in [2.24, 2.45) is 0 Å². The van der Waals surface area contributed by atoms with Crippen LogP contribution in [0.15, 0.2) is 42.5 Å². The SMILES string of the molecule is CNC(=O)c1cccc(-c2ccc(O[C@@]3(CO)OC[C@H](O)[C@H](O)[C@@H]3F)c(C)c2)c1. The Balaban J connectivity index is 1.87. The summed E-state index contributed by atoms with van der Waals surface area (Å²) >= 11 is 0. The van der Waals surface area contributed by atoms with Crippen LogP contribution < -0.4 is 10.1 Å². The molecular weight excluding hydrogens is 381 g/mol. The Bertz CT molecular complexity index is 891. The number of alkyl halides is 1. The Hall–Kier alpha value is -2.52. The predicted molar refractivity (Wildman–Crippen MR) is 103 cm³/mol. The molecule has 0 aromatic heterocycles. The van der Waals surface area contributed by atoms with Gasteiger partial charge in [0.05, 0.1) is 6.61 Å². The lowest BCUT2D eigenvalue weighted by molar-refractivity contribution is -0.302. The molecule has 1 amide bonds. The van der Waals surface area contributed by atoms with Gasteiger partial charge in [-0.05, 0) is 47.9 Å². The third-order valence-corrected chi connectivity index (χ3v) is 4.98. The van der Waals surface area contributed by atoms with E-state index in [1.54, 1.807) is 50.4 Å². The van der Waals surface area contributed by atoms with E-state index in [4.69, 9.17) is 9.47 Å². The summed E-state index contributed by atoms with van der Waals surface area (Å²) in [5, 5.41) is 31.6. The van der Waals surface area contributed by atoms with Crippen molar-refractivity contribution < 1.29 is 34.0 Å². The standard InChI is InChI=1S/C21H24FNO6/c1-12-8-14(13-4-3-5-15(9-13)20(27)23-2)6-7-17(12)29-21(11-24)19(22)18(26)16(25)10-28-21/h3-9,16,18-19,24-26H,10-11H2,1-2H3,(H,23,27)/t16-,18-,19-,21+/m0/s1. The van der Waals surface area contributed by atoms with Crippen molar-refractivity contribution in [3.05, 3.63) is 53.6 Å². The van der Waals surface area contributed by atoms with Gasteiger partial charge in [0.15, 0.2) is 6.17 Å². The molecular formula is C21H24FNO6. The number of amides is 1. The van der Waals surface area contributed by atoms with E-state index >= 15 is 0 Å². The van der Waals surface area contributed by atoms with Crippen molar-refractivity contribution in [3.8, 4) is 16.9 Å². The molecule has 1 fully saturated rings. The van der Waals surface area contributed by atoms with Crippen molar-refractivity contribution in [1.82, 2.24) is 5.32 Å². The van der Waals surface area contributed by atoms with Crippen LogP contribution >= 0.6 is 0 Å². The van der Waals surface area contributed by atoms with Crippen molar-refractivity contribution in [2.75, 3.05) is 20.3 Å². The van der Waals surface area contributed by atoms with Gasteiger partial charge in [-0.1, -0.05) is 18.2 Å². The Kier molecular flexibility index (Phi) is 6.18.